The molecule has 0 saturated carbocycles. The van der Waals surface area contributed by atoms with E-state index in [1.54, 1.807) is 25.3 Å². The Bertz CT molecular complexity index is 1730. The highest BCUT2D eigenvalue weighted by molar-refractivity contribution is 6.28. The molecule has 1 atom stereocenters. The van der Waals surface area contributed by atoms with Crippen LogP contribution in [0.4, 0.5) is 27.4 Å². The fourth-order valence-corrected chi connectivity index (χ4v) is 5.07. The summed E-state index contributed by atoms with van der Waals surface area (Å²) in [4.78, 5) is 39.7. The molecule has 10 nitrogen and oxygen atoms in total. The predicted octanol–water partition coefficient (Wildman–Crippen LogP) is 6.74. The zero-order chi connectivity index (χ0) is 32.9. The van der Waals surface area contributed by atoms with Crippen LogP contribution in [0.15, 0.2) is 48.8 Å². The SMILES string of the molecule is CC.Cc1cnc(Cl)nc1Nc1ccc2c(c1)C(C)CNC2=O.Cc1ncc(F)c(Nc2ccc3c(c2)C(C)(C)CNC3=O)n1. The van der Waals surface area contributed by atoms with Crippen molar-refractivity contribution >= 4 is 46.4 Å². The Kier molecular flexibility index (Phi) is 10.3. The normalized spacial score (nSPS) is 15.9. The van der Waals surface area contributed by atoms with Gasteiger partial charge in [0.15, 0.2) is 11.6 Å². The van der Waals surface area contributed by atoms with Crippen LogP contribution in [0.5, 0.6) is 0 Å². The summed E-state index contributed by atoms with van der Waals surface area (Å²) in [5, 5.41) is 12.1. The number of halogens is 2. The first kappa shape index (κ1) is 33.3. The molecular weight excluding hydrogens is 595 g/mol. The van der Waals surface area contributed by atoms with E-state index in [1.165, 1.54) is 0 Å². The zero-order valence-corrected chi connectivity index (χ0v) is 27.2. The Morgan fingerprint density at radius 2 is 1.53 bits per heavy atom. The third kappa shape index (κ3) is 7.72. The molecule has 2 aliphatic rings. The van der Waals surface area contributed by atoms with Crippen molar-refractivity contribution in [1.82, 2.24) is 30.6 Å². The van der Waals surface area contributed by atoms with E-state index in [0.717, 1.165) is 34.1 Å². The minimum Gasteiger partial charge on any atom is -0.351 e. The first-order chi connectivity index (χ1) is 21.4. The molecule has 2 aliphatic heterocycles. The molecule has 0 fully saturated rings. The second-order valence-corrected chi connectivity index (χ2v) is 11.6. The van der Waals surface area contributed by atoms with Crippen LogP contribution in [0.2, 0.25) is 5.28 Å². The van der Waals surface area contributed by atoms with Gasteiger partial charge in [0, 0.05) is 52.8 Å². The molecule has 2 amide bonds. The quantitative estimate of drug-likeness (QED) is 0.182. The van der Waals surface area contributed by atoms with E-state index in [1.807, 2.05) is 45.0 Å². The van der Waals surface area contributed by atoms with Crippen LogP contribution >= 0.6 is 11.6 Å². The largest absolute Gasteiger partial charge is 0.351 e. The van der Waals surface area contributed by atoms with Crippen molar-refractivity contribution < 1.29 is 14.0 Å². The minimum absolute atomic E-state index is 0.0177. The monoisotopic (exact) mass is 632 g/mol. The van der Waals surface area contributed by atoms with E-state index in [-0.39, 0.29) is 34.2 Å². The van der Waals surface area contributed by atoms with E-state index in [4.69, 9.17) is 11.6 Å². The Morgan fingerprint density at radius 1 is 0.889 bits per heavy atom. The summed E-state index contributed by atoms with van der Waals surface area (Å²) in [5.41, 5.74) is 5.67. The van der Waals surface area contributed by atoms with Gasteiger partial charge in [-0.3, -0.25) is 9.59 Å². The third-order valence-electron chi connectivity index (χ3n) is 7.41. The van der Waals surface area contributed by atoms with Crippen LogP contribution < -0.4 is 21.3 Å². The Labute approximate surface area is 267 Å². The fourth-order valence-electron chi connectivity index (χ4n) is 4.94. The lowest BCUT2D eigenvalue weighted by molar-refractivity contribution is 0.0926. The van der Waals surface area contributed by atoms with Crippen molar-refractivity contribution in [1.29, 1.82) is 0 Å². The van der Waals surface area contributed by atoms with Crippen LogP contribution in [-0.2, 0) is 5.41 Å². The van der Waals surface area contributed by atoms with E-state index in [0.29, 0.717) is 36.0 Å². The maximum absolute atomic E-state index is 13.8. The molecule has 12 heteroatoms. The molecule has 2 aromatic carbocycles. The number of fused-ring (bicyclic) bond motifs is 2. The highest BCUT2D eigenvalue weighted by Crippen LogP contribution is 2.33. The summed E-state index contributed by atoms with van der Waals surface area (Å²) in [6, 6.07) is 11.1. The van der Waals surface area contributed by atoms with Gasteiger partial charge in [0.1, 0.15) is 11.6 Å². The molecule has 1 unspecified atom stereocenters. The van der Waals surface area contributed by atoms with Gasteiger partial charge < -0.3 is 21.3 Å². The summed E-state index contributed by atoms with van der Waals surface area (Å²) < 4.78 is 13.8. The number of nitrogens with one attached hydrogen (secondary N) is 4. The number of carbonyl (C=O) groups excluding carboxylic acids is 2. The average molecular weight is 633 g/mol. The molecule has 236 valence electrons. The number of benzene rings is 2. The van der Waals surface area contributed by atoms with Crippen LogP contribution in [0.3, 0.4) is 0 Å². The number of hydrogen-bond donors (Lipinski definition) is 4. The van der Waals surface area contributed by atoms with Gasteiger partial charge in [-0.1, -0.05) is 34.6 Å². The number of rotatable bonds is 4. The number of anilines is 4. The van der Waals surface area contributed by atoms with Crippen molar-refractivity contribution in [2.45, 2.75) is 59.8 Å². The molecule has 0 aliphatic carbocycles. The van der Waals surface area contributed by atoms with Gasteiger partial charge in [0.2, 0.25) is 5.28 Å². The van der Waals surface area contributed by atoms with Crippen molar-refractivity contribution in [2.24, 2.45) is 0 Å². The lowest BCUT2D eigenvalue weighted by Crippen LogP contribution is -2.43. The van der Waals surface area contributed by atoms with Gasteiger partial charge in [-0.15, -0.1) is 0 Å². The van der Waals surface area contributed by atoms with Crippen molar-refractivity contribution in [2.75, 3.05) is 23.7 Å². The number of hydrogen-bond acceptors (Lipinski definition) is 8. The summed E-state index contributed by atoms with van der Waals surface area (Å²) in [6.07, 6.45) is 2.81. The first-order valence-corrected chi connectivity index (χ1v) is 15.2. The zero-order valence-electron chi connectivity index (χ0n) is 26.5. The lowest BCUT2D eigenvalue weighted by atomic mass is 9.79. The van der Waals surface area contributed by atoms with E-state index < -0.39 is 5.82 Å². The third-order valence-corrected chi connectivity index (χ3v) is 7.59. The highest BCUT2D eigenvalue weighted by atomic mass is 35.5. The predicted molar refractivity (Wildman–Crippen MR) is 175 cm³/mol. The lowest BCUT2D eigenvalue weighted by Gasteiger charge is -2.32. The number of aromatic nitrogens is 4. The summed E-state index contributed by atoms with van der Waals surface area (Å²) >= 11 is 5.83. The Balaban J connectivity index is 0.000000194. The van der Waals surface area contributed by atoms with Gasteiger partial charge in [-0.05, 0) is 78.9 Å². The number of amides is 2. The first-order valence-electron chi connectivity index (χ1n) is 14.8. The van der Waals surface area contributed by atoms with E-state index >= 15 is 0 Å². The van der Waals surface area contributed by atoms with Gasteiger partial charge in [0.05, 0.1) is 6.20 Å². The van der Waals surface area contributed by atoms with Crippen LogP contribution in [0.1, 0.15) is 83.8 Å². The highest BCUT2D eigenvalue weighted by Gasteiger charge is 2.31. The maximum atomic E-state index is 13.8. The fraction of sp³-hybridized carbons (Fsp3) is 0.333. The summed E-state index contributed by atoms with van der Waals surface area (Å²) in [5.74, 6) is 0.964. The van der Waals surface area contributed by atoms with Crippen molar-refractivity contribution in [3.8, 4) is 0 Å². The number of nitrogens with zero attached hydrogens (tertiary/aromatic N) is 4. The van der Waals surface area contributed by atoms with Crippen LogP contribution in [0, 0.1) is 19.7 Å². The molecule has 6 rings (SSSR count). The molecule has 0 spiro atoms. The topological polar surface area (TPSA) is 134 Å². The average Bonchev–Trinajstić information content (AvgIpc) is 3.02. The summed E-state index contributed by atoms with van der Waals surface area (Å²) in [7, 11) is 0. The Hall–Kier alpha value is -4.64. The van der Waals surface area contributed by atoms with E-state index in [9.17, 15) is 14.0 Å². The van der Waals surface area contributed by atoms with Crippen LogP contribution in [0.25, 0.3) is 0 Å². The van der Waals surface area contributed by atoms with Gasteiger partial charge >= 0.3 is 0 Å². The molecule has 4 aromatic rings. The van der Waals surface area contributed by atoms with Gasteiger partial charge in [-0.2, -0.15) is 0 Å². The standard InChI is InChI=1S/C16H17FN4O.C15H15ClN4O.C2H6/c1-9-18-7-13(17)14(20-9)21-10-4-5-11-12(6-10)16(2,3)8-19-15(11)22;1-8-6-17-14(21)11-4-3-10(5-12(8)11)19-13-9(2)7-18-15(16)20-13;1-2/h4-7H,8H2,1-3H3,(H,19,22)(H,18,20,21);3-5,7-8H,6H2,1-2H3,(H,17,21)(H,18,19,20);1-2H3. The smallest absolute Gasteiger partial charge is 0.251 e. The molecule has 0 bridgehead atoms. The second kappa shape index (κ2) is 14.0. The summed E-state index contributed by atoms with van der Waals surface area (Å²) in [6.45, 7) is 15.1. The van der Waals surface area contributed by atoms with Gasteiger partial charge in [-0.25, -0.2) is 24.3 Å². The molecule has 2 aromatic heterocycles. The Morgan fingerprint density at radius 3 is 2.27 bits per heavy atom. The molecular formula is C33H38ClFN8O2. The minimum atomic E-state index is -0.514. The molecule has 0 radical (unpaired) electrons. The van der Waals surface area contributed by atoms with Crippen molar-refractivity contribution in [3.05, 3.63) is 93.5 Å². The maximum Gasteiger partial charge on any atom is 0.251 e. The van der Waals surface area contributed by atoms with E-state index in [2.05, 4.69) is 62.0 Å². The molecule has 45 heavy (non-hydrogen) atoms. The number of aryl methyl sites for hydroxylation is 2. The molecule has 4 N–H and O–H groups in total. The molecule has 0 saturated heterocycles. The van der Waals surface area contributed by atoms with Gasteiger partial charge in [0.25, 0.3) is 11.8 Å². The molecule has 4 heterocycles. The van der Waals surface area contributed by atoms with Crippen LogP contribution in [-0.4, -0.2) is 44.8 Å². The number of carbonyl (C=O) groups is 2. The van der Waals surface area contributed by atoms with Crippen molar-refractivity contribution in [3.63, 3.8) is 0 Å². The second-order valence-electron chi connectivity index (χ2n) is 11.3.